The molecule has 0 spiro atoms. The maximum Gasteiger partial charge on any atom is 0.173 e. The van der Waals surface area contributed by atoms with Gasteiger partial charge in [0.2, 0.25) is 0 Å². The zero-order valence-corrected chi connectivity index (χ0v) is 13.7. The Kier molecular flexibility index (Phi) is 5.38. The summed E-state index contributed by atoms with van der Waals surface area (Å²) in [6, 6.07) is 18.3. The summed E-state index contributed by atoms with van der Waals surface area (Å²) in [5, 5.41) is 3.20. The number of carbonyl (C=O) groups is 1. The van der Waals surface area contributed by atoms with Crippen LogP contribution in [0.25, 0.3) is 0 Å². The van der Waals surface area contributed by atoms with E-state index in [0.717, 1.165) is 36.9 Å². The Morgan fingerprint density at radius 1 is 1.05 bits per heavy atom. The van der Waals surface area contributed by atoms with E-state index in [9.17, 15) is 4.79 Å². The van der Waals surface area contributed by atoms with E-state index in [1.807, 2.05) is 43.4 Å². The summed E-state index contributed by atoms with van der Waals surface area (Å²) in [6.07, 6.45) is 2.72. The standard InChI is InChI=1S/C19H21NO.ClH/c1-20-14-13-19(16-8-3-2-4-9-16)12-11-15-7-5-6-10-17(15)18(19)21;/h2-10,20H,11-14H2,1H3;1H. The summed E-state index contributed by atoms with van der Waals surface area (Å²) >= 11 is 0. The number of ketones is 1. The summed E-state index contributed by atoms with van der Waals surface area (Å²) in [5.74, 6) is 0.283. The number of benzene rings is 2. The summed E-state index contributed by atoms with van der Waals surface area (Å²) in [5.41, 5.74) is 2.88. The van der Waals surface area contributed by atoms with Crippen molar-refractivity contribution in [3.63, 3.8) is 0 Å². The molecule has 22 heavy (non-hydrogen) atoms. The Hall–Kier alpha value is -1.64. The van der Waals surface area contributed by atoms with E-state index >= 15 is 0 Å². The van der Waals surface area contributed by atoms with E-state index in [4.69, 9.17) is 0 Å². The van der Waals surface area contributed by atoms with Crippen molar-refractivity contribution in [2.45, 2.75) is 24.7 Å². The van der Waals surface area contributed by atoms with Crippen LogP contribution in [0.3, 0.4) is 0 Å². The highest BCUT2D eigenvalue weighted by Crippen LogP contribution is 2.40. The fourth-order valence-corrected chi connectivity index (χ4v) is 3.43. The predicted molar refractivity (Wildman–Crippen MR) is 93.0 cm³/mol. The molecule has 0 heterocycles. The van der Waals surface area contributed by atoms with Crippen LogP contribution >= 0.6 is 12.4 Å². The number of hydrogen-bond donors (Lipinski definition) is 1. The van der Waals surface area contributed by atoms with Crippen LogP contribution in [0.4, 0.5) is 0 Å². The van der Waals surface area contributed by atoms with E-state index in [2.05, 4.69) is 23.5 Å². The van der Waals surface area contributed by atoms with Crippen molar-refractivity contribution in [3.8, 4) is 0 Å². The number of aryl methyl sites for hydroxylation is 1. The lowest BCUT2D eigenvalue weighted by atomic mass is 9.65. The van der Waals surface area contributed by atoms with Crippen molar-refractivity contribution in [1.82, 2.24) is 5.32 Å². The number of halogens is 1. The van der Waals surface area contributed by atoms with Crippen LogP contribution in [-0.2, 0) is 11.8 Å². The molecule has 0 amide bonds. The van der Waals surface area contributed by atoms with Crippen molar-refractivity contribution < 1.29 is 4.79 Å². The van der Waals surface area contributed by atoms with Crippen molar-refractivity contribution in [3.05, 3.63) is 71.3 Å². The third-order valence-corrected chi connectivity index (χ3v) is 4.65. The van der Waals surface area contributed by atoms with E-state index in [-0.39, 0.29) is 23.6 Å². The lowest BCUT2D eigenvalue weighted by Crippen LogP contribution is -2.42. The molecule has 3 rings (SSSR count). The second kappa shape index (κ2) is 7.08. The first-order chi connectivity index (χ1) is 10.3. The molecule has 0 bridgehead atoms. The minimum Gasteiger partial charge on any atom is -0.320 e. The zero-order valence-electron chi connectivity index (χ0n) is 12.8. The molecular weight excluding hydrogens is 294 g/mol. The highest BCUT2D eigenvalue weighted by atomic mass is 35.5. The smallest absolute Gasteiger partial charge is 0.173 e. The van der Waals surface area contributed by atoms with Crippen molar-refractivity contribution in [1.29, 1.82) is 0 Å². The van der Waals surface area contributed by atoms with Gasteiger partial charge in [-0.25, -0.2) is 0 Å². The molecule has 0 aliphatic heterocycles. The van der Waals surface area contributed by atoms with Crippen LogP contribution < -0.4 is 5.32 Å². The number of rotatable bonds is 4. The van der Waals surface area contributed by atoms with Gasteiger partial charge in [0.1, 0.15) is 0 Å². The average molecular weight is 316 g/mol. The van der Waals surface area contributed by atoms with Crippen LogP contribution in [0, 0.1) is 0 Å². The van der Waals surface area contributed by atoms with Crippen LogP contribution in [0.5, 0.6) is 0 Å². The van der Waals surface area contributed by atoms with Gasteiger partial charge in [-0.1, -0.05) is 54.6 Å². The fourth-order valence-electron chi connectivity index (χ4n) is 3.43. The Bertz CT molecular complexity index is 641. The SMILES string of the molecule is CNCCC1(c2ccccc2)CCc2ccccc2C1=O.Cl. The van der Waals surface area contributed by atoms with Crippen molar-refractivity contribution >= 4 is 18.2 Å². The van der Waals surface area contributed by atoms with E-state index < -0.39 is 0 Å². The third-order valence-electron chi connectivity index (χ3n) is 4.65. The molecule has 1 atom stereocenters. The maximum atomic E-state index is 13.2. The summed E-state index contributed by atoms with van der Waals surface area (Å²) in [6.45, 7) is 0.850. The topological polar surface area (TPSA) is 29.1 Å². The highest BCUT2D eigenvalue weighted by Gasteiger charge is 2.43. The molecule has 0 saturated heterocycles. The molecule has 2 aromatic carbocycles. The maximum absolute atomic E-state index is 13.2. The molecule has 2 nitrogen and oxygen atoms in total. The van der Waals surface area contributed by atoms with Crippen molar-refractivity contribution in [2.24, 2.45) is 0 Å². The van der Waals surface area contributed by atoms with Gasteiger partial charge in [0, 0.05) is 5.56 Å². The molecule has 116 valence electrons. The number of hydrogen-bond acceptors (Lipinski definition) is 2. The second-order valence-corrected chi connectivity index (χ2v) is 5.79. The van der Waals surface area contributed by atoms with E-state index in [1.54, 1.807) is 0 Å². The first-order valence-corrected chi connectivity index (χ1v) is 7.61. The molecule has 0 saturated carbocycles. The van der Waals surface area contributed by atoms with Gasteiger partial charge in [0.05, 0.1) is 5.41 Å². The molecular formula is C19H22ClNO. The Morgan fingerprint density at radius 2 is 1.73 bits per heavy atom. The van der Waals surface area contributed by atoms with Gasteiger partial charge in [-0.2, -0.15) is 0 Å². The minimum atomic E-state index is -0.376. The second-order valence-electron chi connectivity index (χ2n) is 5.79. The van der Waals surface area contributed by atoms with Crippen LogP contribution in [-0.4, -0.2) is 19.4 Å². The van der Waals surface area contributed by atoms with Gasteiger partial charge in [-0.3, -0.25) is 4.79 Å². The molecule has 0 aromatic heterocycles. The van der Waals surface area contributed by atoms with Gasteiger partial charge >= 0.3 is 0 Å². The average Bonchev–Trinajstić information content (AvgIpc) is 2.56. The highest BCUT2D eigenvalue weighted by molar-refractivity contribution is 6.06. The Morgan fingerprint density at radius 3 is 2.45 bits per heavy atom. The molecule has 2 aromatic rings. The largest absolute Gasteiger partial charge is 0.320 e. The lowest BCUT2D eigenvalue weighted by Gasteiger charge is -2.37. The number of Topliss-reactive ketones (excluding diaryl/α,β-unsaturated/α-hetero) is 1. The van der Waals surface area contributed by atoms with Crippen LogP contribution in [0.15, 0.2) is 54.6 Å². The lowest BCUT2D eigenvalue weighted by molar-refractivity contribution is 0.0850. The molecule has 1 aliphatic rings. The minimum absolute atomic E-state index is 0. The summed E-state index contributed by atoms with van der Waals surface area (Å²) in [4.78, 5) is 13.2. The number of carbonyl (C=O) groups excluding carboxylic acids is 1. The molecule has 0 radical (unpaired) electrons. The Labute approximate surface area is 138 Å². The first-order valence-electron chi connectivity index (χ1n) is 7.61. The fraction of sp³-hybridized carbons (Fsp3) is 0.316. The van der Waals surface area contributed by atoms with Crippen LogP contribution in [0.1, 0.15) is 34.3 Å². The normalized spacial score (nSPS) is 20.1. The first kappa shape index (κ1) is 16.7. The van der Waals surface area contributed by atoms with Gasteiger partial charge in [0.15, 0.2) is 5.78 Å². The van der Waals surface area contributed by atoms with E-state index in [0.29, 0.717) is 0 Å². The van der Waals surface area contributed by atoms with Gasteiger partial charge in [-0.05, 0) is 44.0 Å². The van der Waals surface area contributed by atoms with Gasteiger partial charge < -0.3 is 5.32 Å². The third kappa shape index (κ3) is 2.81. The number of fused-ring (bicyclic) bond motifs is 1. The molecule has 1 unspecified atom stereocenters. The molecule has 1 aliphatic carbocycles. The quantitative estimate of drug-likeness (QED) is 0.930. The zero-order chi connectivity index (χ0) is 14.7. The molecule has 0 fully saturated rings. The van der Waals surface area contributed by atoms with Gasteiger partial charge in [0.25, 0.3) is 0 Å². The molecule has 3 heteroatoms. The Balaban J connectivity index is 0.00000176. The van der Waals surface area contributed by atoms with E-state index in [1.165, 1.54) is 5.56 Å². The van der Waals surface area contributed by atoms with Crippen molar-refractivity contribution in [2.75, 3.05) is 13.6 Å². The predicted octanol–water partition coefficient (Wildman–Crippen LogP) is 3.78. The summed E-state index contributed by atoms with van der Waals surface area (Å²) < 4.78 is 0. The van der Waals surface area contributed by atoms with Gasteiger partial charge in [-0.15, -0.1) is 12.4 Å². The number of nitrogens with one attached hydrogen (secondary N) is 1. The molecule has 1 N–H and O–H groups in total. The summed E-state index contributed by atoms with van der Waals surface area (Å²) in [7, 11) is 1.94. The monoisotopic (exact) mass is 315 g/mol. The van der Waals surface area contributed by atoms with Crippen LogP contribution in [0.2, 0.25) is 0 Å².